The molecule has 0 fully saturated rings. The van der Waals surface area contributed by atoms with Crippen molar-refractivity contribution in [3.05, 3.63) is 69.0 Å². The van der Waals surface area contributed by atoms with Crippen molar-refractivity contribution in [3.8, 4) is 11.3 Å². The second kappa shape index (κ2) is 8.61. The van der Waals surface area contributed by atoms with E-state index in [9.17, 15) is 13.2 Å². The number of amides is 1. The highest BCUT2D eigenvalue weighted by atomic mass is 32.2. The molecule has 3 aromatic rings. The molecule has 0 saturated carbocycles. The van der Waals surface area contributed by atoms with Crippen LogP contribution >= 0.6 is 23.6 Å². The van der Waals surface area contributed by atoms with Crippen LogP contribution in [0, 0.1) is 10.9 Å². The zero-order valence-electron chi connectivity index (χ0n) is 16.4. The van der Waals surface area contributed by atoms with E-state index in [0.29, 0.717) is 3.95 Å². The molecule has 0 spiro atoms. The number of rotatable bonds is 6. The SMILES string of the molecule is Cc1ccc(-c2csc(=S)n2CC(=O)NC(C)c2ccc(S(C)(=O)=O)cc2)cc1. The van der Waals surface area contributed by atoms with E-state index in [-0.39, 0.29) is 23.4 Å². The third-order valence-electron chi connectivity index (χ3n) is 4.62. The van der Waals surface area contributed by atoms with Gasteiger partial charge < -0.3 is 9.88 Å². The summed E-state index contributed by atoms with van der Waals surface area (Å²) >= 11 is 6.85. The lowest BCUT2D eigenvalue weighted by Crippen LogP contribution is -2.30. The van der Waals surface area contributed by atoms with Crippen molar-refractivity contribution < 1.29 is 13.2 Å². The zero-order valence-corrected chi connectivity index (χ0v) is 18.8. The quantitative estimate of drug-likeness (QED) is 0.565. The average Bonchev–Trinajstić information content (AvgIpc) is 3.02. The van der Waals surface area contributed by atoms with Gasteiger partial charge in [0, 0.05) is 11.6 Å². The highest BCUT2D eigenvalue weighted by Crippen LogP contribution is 2.24. The normalized spacial score (nSPS) is 12.5. The van der Waals surface area contributed by atoms with Crippen LogP contribution in [0.4, 0.5) is 0 Å². The van der Waals surface area contributed by atoms with Crippen LogP contribution in [-0.4, -0.2) is 25.1 Å². The maximum Gasteiger partial charge on any atom is 0.240 e. The summed E-state index contributed by atoms with van der Waals surface area (Å²) in [5.41, 5.74) is 3.93. The zero-order chi connectivity index (χ0) is 21.2. The number of carbonyl (C=O) groups is 1. The van der Waals surface area contributed by atoms with Crippen molar-refractivity contribution in [3.63, 3.8) is 0 Å². The van der Waals surface area contributed by atoms with Crippen LogP contribution in [0.2, 0.25) is 0 Å². The fourth-order valence-electron chi connectivity index (χ4n) is 2.95. The Bertz CT molecular complexity index is 1180. The number of aromatic nitrogens is 1. The first-order valence-electron chi connectivity index (χ1n) is 9.00. The molecule has 1 atom stereocenters. The topological polar surface area (TPSA) is 68.2 Å². The van der Waals surface area contributed by atoms with Gasteiger partial charge in [-0.05, 0) is 49.3 Å². The molecular formula is C21H22N2O3S3. The Balaban J connectivity index is 1.73. The van der Waals surface area contributed by atoms with Gasteiger partial charge in [-0.3, -0.25) is 4.79 Å². The average molecular weight is 447 g/mol. The summed E-state index contributed by atoms with van der Waals surface area (Å²) < 4.78 is 25.6. The van der Waals surface area contributed by atoms with Gasteiger partial charge in [-0.25, -0.2) is 8.42 Å². The van der Waals surface area contributed by atoms with Gasteiger partial charge >= 0.3 is 0 Å². The summed E-state index contributed by atoms with van der Waals surface area (Å²) in [6.07, 6.45) is 1.17. The molecule has 1 amide bonds. The van der Waals surface area contributed by atoms with E-state index in [4.69, 9.17) is 12.2 Å². The largest absolute Gasteiger partial charge is 0.348 e. The summed E-state index contributed by atoms with van der Waals surface area (Å²) in [5, 5.41) is 4.92. The molecule has 0 radical (unpaired) electrons. The summed E-state index contributed by atoms with van der Waals surface area (Å²) in [4.78, 5) is 12.9. The fourth-order valence-corrected chi connectivity index (χ4v) is 4.65. The number of nitrogens with one attached hydrogen (secondary N) is 1. The molecule has 3 rings (SSSR count). The van der Waals surface area contributed by atoms with Crippen LogP contribution in [0.5, 0.6) is 0 Å². The molecule has 0 aliphatic rings. The van der Waals surface area contributed by atoms with Crippen molar-refractivity contribution in [1.82, 2.24) is 9.88 Å². The van der Waals surface area contributed by atoms with Crippen molar-refractivity contribution in [2.45, 2.75) is 31.3 Å². The molecule has 1 aromatic heterocycles. The van der Waals surface area contributed by atoms with E-state index < -0.39 is 9.84 Å². The summed E-state index contributed by atoms with van der Waals surface area (Å²) in [5.74, 6) is -0.160. The van der Waals surface area contributed by atoms with Crippen molar-refractivity contribution in [2.75, 3.05) is 6.26 Å². The van der Waals surface area contributed by atoms with Gasteiger partial charge in [0.05, 0.1) is 16.6 Å². The molecule has 0 bridgehead atoms. The van der Waals surface area contributed by atoms with Crippen molar-refractivity contribution >= 4 is 39.3 Å². The molecule has 1 heterocycles. The molecule has 1 unspecified atom stereocenters. The second-order valence-corrected chi connectivity index (χ2v) is 10.5. The van der Waals surface area contributed by atoms with Crippen molar-refractivity contribution in [2.24, 2.45) is 0 Å². The van der Waals surface area contributed by atoms with E-state index >= 15 is 0 Å². The Kier molecular flexibility index (Phi) is 6.36. The first-order chi connectivity index (χ1) is 13.6. The maximum atomic E-state index is 12.6. The van der Waals surface area contributed by atoms with Gasteiger partial charge in [0.2, 0.25) is 5.91 Å². The third-order valence-corrected chi connectivity index (χ3v) is 7.02. The Hall–Kier alpha value is -2.29. The monoisotopic (exact) mass is 446 g/mol. The lowest BCUT2D eigenvalue weighted by Gasteiger charge is -2.16. The van der Waals surface area contributed by atoms with Crippen LogP contribution in [0.25, 0.3) is 11.3 Å². The molecule has 29 heavy (non-hydrogen) atoms. The number of hydrogen-bond acceptors (Lipinski definition) is 5. The molecular weight excluding hydrogens is 424 g/mol. The van der Waals surface area contributed by atoms with Gasteiger partial charge in [0.25, 0.3) is 0 Å². The van der Waals surface area contributed by atoms with Crippen molar-refractivity contribution in [1.29, 1.82) is 0 Å². The minimum Gasteiger partial charge on any atom is -0.348 e. The Labute approximate surface area is 180 Å². The lowest BCUT2D eigenvalue weighted by atomic mass is 10.1. The summed E-state index contributed by atoms with van der Waals surface area (Å²) in [7, 11) is -3.24. The first kappa shape index (κ1) is 21.4. The van der Waals surface area contributed by atoms with Gasteiger partial charge in [-0.1, -0.05) is 42.0 Å². The van der Waals surface area contributed by atoms with E-state index in [1.165, 1.54) is 23.2 Å². The summed E-state index contributed by atoms with van der Waals surface area (Å²) in [6, 6.07) is 14.4. The van der Waals surface area contributed by atoms with E-state index in [2.05, 4.69) is 5.32 Å². The van der Waals surface area contributed by atoms with Crippen LogP contribution in [0.15, 0.2) is 58.8 Å². The van der Waals surface area contributed by atoms with Gasteiger partial charge in [0.15, 0.2) is 13.8 Å². The standard InChI is InChI=1S/C21H22N2O3S3/c1-14-4-6-17(7-5-14)19-13-28-21(27)23(19)12-20(24)22-15(2)16-8-10-18(11-9-16)29(3,25)26/h4-11,13,15H,12H2,1-3H3,(H,22,24). The second-order valence-electron chi connectivity index (χ2n) is 6.97. The van der Waals surface area contributed by atoms with E-state index in [1.807, 2.05) is 48.1 Å². The molecule has 0 aliphatic heterocycles. The predicted molar refractivity (Wildman–Crippen MR) is 119 cm³/mol. The fraction of sp³-hybridized carbons (Fsp3) is 0.238. The molecule has 8 heteroatoms. The number of aryl methyl sites for hydroxylation is 1. The number of thiazole rings is 1. The molecule has 0 saturated heterocycles. The van der Waals surface area contributed by atoms with E-state index in [0.717, 1.165) is 16.8 Å². The predicted octanol–water partition coefficient (Wildman–Crippen LogP) is 4.54. The maximum absolute atomic E-state index is 12.6. The number of benzene rings is 2. The number of hydrogen-bond donors (Lipinski definition) is 1. The molecule has 0 aliphatic carbocycles. The minimum absolute atomic E-state index is 0.122. The Morgan fingerprint density at radius 1 is 1.14 bits per heavy atom. The highest BCUT2D eigenvalue weighted by Gasteiger charge is 2.15. The Morgan fingerprint density at radius 3 is 2.34 bits per heavy atom. The molecule has 5 nitrogen and oxygen atoms in total. The summed E-state index contributed by atoms with van der Waals surface area (Å²) in [6.45, 7) is 4.01. The van der Waals surface area contributed by atoms with Crippen LogP contribution in [0.1, 0.15) is 24.1 Å². The number of nitrogens with zero attached hydrogens (tertiary/aromatic N) is 1. The van der Waals surface area contributed by atoms with E-state index in [1.54, 1.807) is 24.3 Å². The molecule has 1 N–H and O–H groups in total. The minimum atomic E-state index is -3.24. The Morgan fingerprint density at radius 2 is 1.76 bits per heavy atom. The smallest absolute Gasteiger partial charge is 0.240 e. The van der Waals surface area contributed by atoms with Gasteiger partial charge in [0.1, 0.15) is 6.54 Å². The van der Waals surface area contributed by atoms with Gasteiger partial charge in [-0.15, -0.1) is 11.3 Å². The number of carbonyl (C=O) groups excluding carboxylic acids is 1. The molecule has 152 valence electrons. The third kappa shape index (κ3) is 5.20. The lowest BCUT2D eigenvalue weighted by molar-refractivity contribution is -0.122. The van der Waals surface area contributed by atoms with Crippen LogP contribution in [-0.2, 0) is 21.2 Å². The highest BCUT2D eigenvalue weighted by molar-refractivity contribution is 7.90. The van der Waals surface area contributed by atoms with Crippen LogP contribution < -0.4 is 5.32 Å². The number of sulfone groups is 1. The first-order valence-corrected chi connectivity index (χ1v) is 12.2. The molecule has 2 aromatic carbocycles. The van der Waals surface area contributed by atoms with Gasteiger partial charge in [-0.2, -0.15) is 0 Å². The van der Waals surface area contributed by atoms with Crippen LogP contribution in [0.3, 0.4) is 0 Å².